The molecule has 13 rings (SSSR count). The molecule has 0 N–H and O–H groups in total. The largest absolute Gasteiger partial charge is 0.206 e. The molecule has 0 aromatic heterocycles. The van der Waals surface area contributed by atoms with Gasteiger partial charge in [-0.25, -0.2) is 74.6 Å². The number of hydrogen-bond donors (Lipinski definition) is 0. The molecule has 0 amide bonds. The van der Waals surface area contributed by atoms with E-state index in [0.29, 0.717) is 39.9 Å². The summed E-state index contributed by atoms with van der Waals surface area (Å²) in [6, 6.07) is 60.3. The maximum absolute atomic E-state index is 14.7. The van der Waals surface area contributed by atoms with Crippen LogP contribution in [0.4, 0.5) is 74.6 Å². The van der Waals surface area contributed by atoms with Gasteiger partial charge in [0, 0.05) is 16.7 Å². The van der Waals surface area contributed by atoms with Crippen LogP contribution in [0.25, 0.3) is 100 Å². The molecular formula is C89H65F17. The van der Waals surface area contributed by atoms with E-state index in [4.69, 9.17) is 0 Å². The fraction of sp³-hybridized carbons (Fsp3) is 0.124. The van der Waals surface area contributed by atoms with Crippen molar-refractivity contribution in [3.05, 3.63) is 358 Å². The normalized spacial score (nSPS) is 11.0. The van der Waals surface area contributed by atoms with Crippen LogP contribution in [0.15, 0.2) is 237 Å². The Hall–Kier alpha value is -11.3. The summed E-state index contributed by atoms with van der Waals surface area (Å²) in [7, 11) is 0. The highest BCUT2D eigenvalue weighted by molar-refractivity contribution is 5.77. The molecule has 13 aromatic carbocycles. The first-order valence-corrected chi connectivity index (χ1v) is 33.8. The average molecular weight is 1460 g/mol. The third-order valence-corrected chi connectivity index (χ3v) is 17.5. The summed E-state index contributed by atoms with van der Waals surface area (Å²) < 4.78 is 232. The van der Waals surface area contributed by atoms with E-state index in [1.54, 1.807) is 30.3 Å². The van der Waals surface area contributed by atoms with Gasteiger partial charge in [-0.1, -0.05) is 205 Å². The van der Waals surface area contributed by atoms with Gasteiger partial charge in [0.15, 0.2) is 69.8 Å². The molecule has 13 aromatic rings. The summed E-state index contributed by atoms with van der Waals surface area (Å²) in [5.41, 5.74) is 11.2. The monoisotopic (exact) mass is 1460 g/mol. The lowest BCUT2D eigenvalue weighted by Crippen LogP contribution is -1.97. The third kappa shape index (κ3) is 18.6. The van der Waals surface area contributed by atoms with Crippen LogP contribution in [0.5, 0.6) is 0 Å². The van der Waals surface area contributed by atoms with Crippen LogP contribution in [0, 0.1) is 98.9 Å². The van der Waals surface area contributed by atoms with E-state index >= 15 is 0 Å². The van der Waals surface area contributed by atoms with E-state index in [1.807, 2.05) is 91.9 Å². The van der Waals surface area contributed by atoms with Gasteiger partial charge >= 0.3 is 0 Å². The molecule has 0 spiro atoms. The predicted molar refractivity (Wildman–Crippen MR) is 385 cm³/mol. The van der Waals surface area contributed by atoms with Gasteiger partial charge in [0.05, 0.1) is 5.56 Å². The van der Waals surface area contributed by atoms with Gasteiger partial charge in [0.25, 0.3) is 0 Å². The fourth-order valence-electron chi connectivity index (χ4n) is 11.9. The standard InChI is InChI=1S/C27H20F4.C21H15F5.C21H16F4.C20H14F4/c1-2-3-17-4-6-18(7-5-17)19-8-10-20(11-9-19)21-12-13-23(24(28)14-21)22-15-25(29)27(31)26(30)16-22;1-2-3-12-4-6-13(7-5-12)14-8-16(22)20(17(23)9-14)15-10-18(24)21(26)19(25)11-15;1-2-3-13-4-6-14(7-5-13)15-8-9-17(18(22)10-15)16-11-19(23)21(25)20(24)12-16;1-2-12-3-5-13(6-4-12)14-7-8-16(17(21)9-14)15-10-18(22)20(24)19(23)11-15/h4-16H,2-3H2,1H3;4-11H,2-3H2,1H3;4-12H,2-3H2,1H3;3-11H,2H2,1H3. The van der Waals surface area contributed by atoms with Crippen molar-refractivity contribution < 1.29 is 74.6 Å². The second-order valence-electron chi connectivity index (χ2n) is 24.9. The fourth-order valence-corrected chi connectivity index (χ4v) is 11.9. The van der Waals surface area contributed by atoms with Crippen molar-refractivity contribution in [1.29, 1.82) is 0 Å². The van der Waals surface area contributed by atoms with E-state index < -0.39 is 110 Å². The molecule has 0 unspecified atom stereocenters. The Bertz CT molecular complexity index is 5130. The Morgan fingerprint density at radius 1 is 0.170 bits per heavy atom. The van der Waals surface area contributed by atoms with Gasteiger partial charge < -0.3 is 0 Å². The lowest BCUT2D eigenvalue weighted by atomic mass is 9.97. The predicted octanol–water partition coefficient (Wildman–Crippen LogP) is 27.5. The smallest absolute Gasteiger partial charge is 0.194 e. The molecule has 106 heavy (non-hydrogen) atoms. The number of hydrogen-bond acceptors (Lipinski definition) is 0. The van der Waals surface area contributed by atoms with E-state index in [2.05, 4.69) is 45.0 Å². The Morgan fingerprint density at radius 2 is 0.358 bits per heavy atom. The van der Waals surface area contributed by atoms with Crippen molar-refractivity contribution in [2.24, 2.45) is 0 Å². The van der Waals surface area contributed by atoms with Crippen LogP contribution in [-0.2, 0) is 25.7 Å². The van der Waals surface area contributed by atoms with Gasteiger partial charge in [-0.2, -0.15) is 0 Å². The SMILES string of the molecule is CCCc1ccc(-c2cc(F)c(-c3cc(F)c(F)c(F)c3)c(F)c2)cc1.CCCc1ccc(-c2ccc(-c3cc(F)c(F)c(F)c3)c(F)c2)cc1.CCCc1ccc(-c2ccc(-c3ccc(-c4cc(F)c(F)c(F)c4)c(F)c3)cc2)cc1.CCc1ccc(-c2ccc(-c3cc(F)c(F)c(F)c3)c(F)c2)cc1. The zero-order valence-corrected chi connectivity index (χ0v) is 57.4. The summed E-state index contributed by atoms with van der Waals surface area (Å²) in [4.78, 5) is 0. The van der Waals surface area contributed by atoms with Crippen molar-refractivity contribution >= 4 is 0 Å². The molecule has 0 atom stereocenters. The second kappa shape index (κ2) is 35.0. The van der Waals surface area contributed by atoms with Gasteiger partial charge in [0.2, 0.25) is 0 Å². The summed E-state index contributed by atoms with van der Waals surface area (Å²) in [5, 5.41) is 0. The van der Waals surface area contributed by atoms with Crippen molar-refractivity contribution in [3.8, 4) is 100 Å². The Morgan fingerprint density at radius 3 is 0.594 bits per heavy atom. The van der Waals surface area contributed by atoms with Crippen molar-refractivity contribution in [2.45, 2.75) is 72.6 Å². The molecule has 540 valence electrons. The van der Waals surface area contributed by atoms with Gasteiger partial charge in [-0.05, 0) is 205 Å². The molecule has 0 nitrogen and oxygen atoms in total. The first-order valence-electron chi connectivity index (χ1n) is 33.8. The number of halogens is 17. The lowest BCUT2D eigenvalue weighted by molar-refractivity contribution is 0.447. The number of aryl methyl sites for hydroxylation is 4. The highest BCUT2D eigenvalue weighted by Crippen LogP contribution is 2.37. The third-order valence-electron chi connectivity index (χ3n) is 17.5. The summed E-state index contributed by atoms with van der Waals surface area (Å²) in [6.45, 7) is 8.35. The van der Waals surface area contributed by atoms with Crippen LogP contribution in [0.3, 0.4) is 0 Å². The van der Waals surface area contributed by atoms with Crippen molar-refractivity contribution in [2.75, 3.05) is 0 Å². The topological polar surface area (TPSA) is 0 Å². The zero-order valence-electron chi connectivity index (χ0n) is 57.4. The summed E-state index contributed by atoms with van der Waals surface area (Å²) in [5.74, 6) is -21.3. The van der Waals surface area contributed by atoms with Crippen LogP contribution >= 0.6 is 0 Å². The molecule has 0 heterocycles. The maximum Gasteiger partial charge on any atom is 0.194 e. The molecule has 0 aliphatic rings. The molecular weight excluding hydrogens is 1390 g/mol. The van der Waals surface area contributed by atoms with Gasteiger partial charge in [-0.15, -0.1) is 0 Å². The maximum atomic E-state index is 14.7. The zero-order chi connectivity index (χ0) is 76.0. The van der Waals surface area contributed by atoms with Crippen molar-refractivity contribution in [1.82, 2.24) is 0 Å². The molecule has 0 saturated heterocycles. The average Bonchev–Trinajstić information content (AvgIpc) is 0.792. The molecule has 0 aliphatic carbocycles. The summed E-state index contributed by atoms with van der Waals surface area (Å²) in [6.07, 6.45) is 7.00. The highest BCUT2D eigenvalue weighted by Gasteiger charge is 2.22. The molecule has 0 bridgehead atoms. The minimum absolute atomic E-state index is 0.00494. The molecule has 0 aliphatic heterocycles. The molecule has 0 radical (unpaired) electrons. The minimum atomic E-state index is -1.68. The quantitative estimate of drug-likeness (QED) is 0.0668. The number of rotatable bonds is 16. The van der Waals surface area contributed by atoms with Gasteiger partial charge in [-0.3, -0.25) is 0 Å². The van der Waals surface area contributed by atoms with E-state index in [9.17, 15) is 74.6 Å². The Kier molecular flexibility index (Phi) is 25.5. The first kappa shape index (κ1) is 77.3. The molecule has 0 fully saturated rings. The van der Waals surface area contributed by atoms with Crippen LogP contribution < -0.4 is 0 Å². The van der Waals surface area contributed by atoms with E-state index in [-0.39, 0.29) is 33.4 Å². The number of benzene rings is 13. The molecule has 0 saturated carbocycles. The Labute approximate surface area is 602 Å². The second-order valence-corrected chi connectivity index (χ2v) is 24.9. The van der Waals surface area contributed by atoms with Crippen LogP contribution in [0.1, 0.15) is 69.2 Å². The van der Waals surface area contributed by atoms with E-state index in [1.165, 1.54) is 53.1 Å². The van der Waals surface area contributed by atoms with Crippen molar-refractivity contribution in [3.63, 3.8) is 0 Å². The van der Waals surface area contributed by atoms with Crippen LogP contribution in [-0.4, -0.2) is 0 Å². The van der Waals surface area contributed by atoms with Crippen LogP contribution in [0.2, 0.25) is 0 Å². The lowest BCUT2D eigenvalue weighted by Gasteiger charge is -2.10. The van der Waals surface area contributed by atoms with Gasteiger partial charge in [0.1, 0.15) is 29.1 Å². The minimum Gasteiger partial charge on any atom is -0.206 e. The summed E-state index contributed by atoms with van der Waals surface area (Å²) >= 11 is 0. The highest BCUT2D eigenvalue weighted by atomic mass is 19.2. The van der Waals surface area contributed by atoms with E-state index in [0.717, 1.165) is 127 Å². The first-order chi connectivity index (χ1) is 50.8. The Balaban J connectivity index is 0.000000152. The molecule has 17 heteroatoms.